The van der Waals surface area contributed by atoms with E-state index in [-0.39, 0.29) is 31.6 Å². The van der Waals surface area contributed by atoms with Gasteiger partial charge in [0.15, 0.2) is 0 Å². The van der Waals surface area contributed by atoms with Crippen LogP contribution in [-0.2, 0) is 6.54 Å². The molecule has 178 valence electrons. The third-order valence-electron chi connectivity index (χ3n) is 6.94. The van der Waals surface area contributed by atoms with E-state index in [4.69, 9.17) is 0 Å². The van der Waals surface area contributed by atoms with Gasteiger partial charge in [-0.15, -0.1) is 0 Å². The van der Waals surface area contributed by atoms with Crippen LogP contribution in [0.15, 0.2) is 47.5 Å². The largest absolute Gasteiger partial charge is 0.405 e. The molecule has 1 atom stereocenters. The quantitative estimate of drug-likeness (QED) is 0.728. The zero-order valence-corrected chi connectivity index (χ0v) is 18.1. The van der Waals surface area contributed by atoms with Crippen LogP contribution in [0.4, 0.5) is 18.0 Å². The number of urea groups is 1. The van der Waals surface area contributed by atoms with Gasteiger partial charge in [0.2, 0.25) is 0 Å². The monoisotopic (exact) mass is 464 g/mol. The Hall–Kier alpha value is -2.88. The first-order valence-electron chi connectivity index (χ1n) is 11.0. The molecule has 1 aromatic heterocycles. The number of aromatic nitrogens is 2. The lowest BCUT2D eigenvalue weighted by molar-refractivity contribution is -0.137. The highest BCUT2D eigenvalue weighted by molar-refractivity contribution is 5.74. The van der Waals surface area contributed by atoms with Crippen LogP contribution in [0.25, 0.3) is 11.3 Å². The predicted octanol–water partition coefficient (Wildman–Crippen LogP) is 3.18. The fourth-order valence-corrected chi connectivity index (χ4v) is 5.15. The van der Waals surface area contributed by atoms with Gasteiger partial charge in [-0.1, -0.05) is 43.2 Å². The molecular weight excluding hydrogens is 437 g/mol. The van der Waals surface area contributed by atoms with E-state index in [0.717, 1.165) is 18.4 Å². The second kappa shape index (κ2) is 8.81. The standard InChI is InChI=1S/C23H27F3N4O3/c24-23(25,26)13-27-20(32)29-11-10-22(33,21(14-29)8-4-5-9-21)15-30-16-28-18(12-19(30)31)17-6-2-1-3-7-17/h1-3,6-7,12,16,33H,4-5,8-11,13-15H2,(H,27,32). The number of amides is 2. The third-order valence-corrected chi connectivity index (χ3v) is 6.94. The van der Waals surface area contributed by atoms with E-state index < -0.39 is 29.8 Å². The molecule has 10 heteroatoms. The Morgan fingerprint density at radius 3 is 2.48 bits per heavy atom. The molecule has 7 nitrogen and oxygen atoms in total. The van der Waals surface area contributed by atoms with Crippen LogP contribution in [0.5, 0.6) is 0 Å². The lowest BCUT2D eigenvalue weighted by atomic mass is 9.66. The Morgan fingerprint density at radius 2 is 1.85 bits per heavy atom. The van der Waals surface area contributed by atoms with Crippen LogP contribution in [0.1, 0.15) is 32.1 Å². The van der Waals surface area contributed by atoms with Crippen molar-refractivity contribution in [3.63, 3.8) is 0 Å². The Balaban J connectivity index is 1.53. The molecule has 1 saturated carbocycles. The molecule has 1 aliphatic heterocycles. The molecule has 2 fully saturated rings. The number of benzene rings is 1. The van der Waals surface area contributed by atoms with Crippen molar-refractivity contribution in [3.05, 3.63) is 53.1 Å². The van der Waals surface area contributed by atoms with Crippen molar-refractivity contribution in [1.29, 1.82) is 0 Å². The number of nitrogens with zero attached hydrogens (tertiary/aromatic N) is 3. The number of hydrogen-bond acceptors (Lipinski definition) is 4. The van der Waals surface area contributed by atoms with Gasteiger partial charge in [0.1, 0.15) is 6.54 Å². The minimum absolute atomic E-state index is 0.0198. The second-order valence-electron chi connectivity index (χ2n) is 9.07. The molecule has 1 spiro atoms. The Kier molecular flexibility index (Phi) is 6.22. The second-order valence-corrected chi connectivity index (χ2v) is 9.07. The van der Waals surface area contributed by atoms with Crippen LogP contribution in [0.2, 0.25) is 0 Å². The van der Waals surface area contributed by atoms with Crippen LogP contribution in [0, 0.1) is 5.41 Å². The van der Waals surface area contributed by atoms with Crippen molar-refractivity contribution >= 4 is 6.03 Å². The fraction of sp³-hybridized carbons (Fsp3) is 0.522. The first-order chi connectivity index (χ1) is 15.6. The van der Waals surface area contributed by atoms with Crippen molar-refractivity contribution < 1.29 is 23.1 Å². The van der Waals surface area contributed by atoms with E-state index in [2.05, 4.69) is 4.98 Å². The Bertz CT molecular complexity index is 1050. The normalized spacial score (nSPS) is 22.5. The number of nitrogens with one attached hydrogen (secondary N) is 1. The van der Waals surface area contributed by atoms with E-state index in [0.29, 0.717) is 18.5 Å². The molecule has 2 N–H and O–H groups in total. The Labute approximate surface area is 189 Å². The molecule has 1 aromatic carbocycles. The minimum atomic E-state index is -4.49. The molecular formula is C23H27F3N4O3. The molecule has 2 aliphatic rings. The first-order valence-corrected chi connectivity index (χ1v) is 11.0. The highest BCUT2D eigenvalue weighted by Gasteiger charge is 2.55. The third kappa shape index (κ3) is 4.90. The summed E-state index contributed by atoms with van der Waals surface area (Å²) >= 11 is 0. The van der Waals surface area contributed by atoms with Gasteiger partial charge in [-0.2, -0.15) is 13.2 Å². The summed E-state index contributed by atoms with van der Waals surface area (Å²) in [5.41, 5.74) is -0.903. The number of likely N-dealkylation sites (tertiary alicyclic amines) is 1. The topological polar surface area (TPSA) is 87.5 Å². The first kappa shape index (κ1) is 23.3. The molecule has 1 saturated heterocycles. The van der Waals surface area contributed by atoms with Crippen LogP contribution >= 0.6 is 0 Å². The van der Waals surface area contributed by atoms with Crippen LogP contribution in [0.3, 0.4) is 0 Å². The van der Waals surface area contributed by atoms with Crippen molar-refractivity contribution in [1.82, 2.24) is 19.8 Å². The number of aliphatic hydroxyl groups is 1. The molecule has 4 rings (SSSR count). The summed E-state index contributed by atoms with van der Waals surface area (Å²) in [4.78, 5) is 30.9. The average Bonchev–Trinajstić information content (AvgIpc) is 3.26. The molecule has 33 heavy (non-hydrogen) atoms. The van der Waals surface area contributed by atoms with Crippen LogP contribution in [-0.4, -0.2) is 57.0 Å². The number of hydrogen-bond donors (Lipinski definition) is 2. The summed E-state index contributed by atoms with van der Waals surface area (Å²) in [7, 11) is 0. The van der Waals surface area contributed by atoms with Gasteiger partial charge in [0, 0.05) is 30.1 Å². The molecule has 0 bridgehead atoms. The van der Waals surface area contributed by atoms with Gasteiger partial charge >= 0.3 is 12.2 Å². The zero-order chi connectivity index (χ0) is 23.7. The average molecular weight is 464 g/mol. The molecule has 2 aromatic rings. The lowest BCUT2D eigenvalue weighted by Crippen LogP contribution is -2.63. The summed E-state index contributed by atoms with van der Waals surface area (Å²) < 4.78 is 38.9. The van der Waals surface area contributed by atoms with Crippen molar-refractivity contribution in [2.45, 2.75) is 50.4 Å². The lowest BCUT2D eigenvalue weighted by Gasteiger charge is -2.52. The molecule has 2 amide bonds. The zero-order valence-electron chi connectivity index (χ0n) is 18.1. The van der Waals surface area contributed by atoms with E-state index in [1.807, 2.05) is 35.6 Å². The summed E-state index contributed by atoms with van der Waals surface area (Å²) in [5, 5.41) is 13.6. The summed E-state index contributed by atoms with van der Waals surface area (Å²) in [6.07, 6.45) is 0.0683. The maximum absolute atomic E-state index is 12.8. The van der Waals surface area contributed by atoms with Crippen LogP contribution < -0.4 is 10.9 Å². The van der Waals surface area contributed by atoms with Gasteiger partial charge in [-0.05, 0) is 19.3 Å². The Morgan fingerprint density at radius 1 is 1.15 bits per heavy atom. The van der Waals surface area contributed by atoms with Gasteiger partial charge < -0.3 is 15.3 Å². The van der Waals surface area contributed by atoms with E-state index >= 15 is 0 Å². The summed E-state index contributed by atoms with van der Waals surface area (Å²) in [6, 6.07) is 9.93. The molecule has 0 radical (unpaired) electrons. The number of rotatable bonds is 4. The van der Waals surface area contributed by atoms with Crippen molar-refractivity contribution in [2.75, 3.05) is 19.6 Å². The van der Waals surface area contributed by atoms with E-state index in [1.54, 1.807) is 0 Å². The number of piperidine rings is 1. The number of halogens is 3. The molecule has 1 aliphatic carbocycles. The van der Waals surface area contributed by atoms with Gasteiger partial charge in [-0.25, -0.2) is 9.78 Å². The maximum Gasteiger partial charge on any atom is 0.405 e. The smallest absolute Gasteiger partial charge is 0.387 e. The van der Waals surface area contributed by atoms with Gasteiger partial charge in [0.05, 0.1) is 24.2 Å². The molecule has 1 unspecified atom stereocenters. The molecule has 2 heterocycles. The fourth-order valence-electron chi connectivity index (χ4n) is 5.15. The van der Waals surface area contributed by atoms with Crippen molar-refractivity contribution in [3.8, 4) is 11.3 Å². The summed E-state index contributed by atoms with van der Waals surface area (Å²) in [5.74, 6) is 0. The maximum atomic E-state index is 12.8. The van der Waals surface area contributed by atoms with Gasteiger partial charge in [-0.3, -0.25) is 9.36 Å². The van der Waals surface area contributed by atoms with Gasteiger partial charge in [0.25, 0.3) is 5.56 Å². The number of carbonyl (C=O) groups is 1. The predicted molar refractivity (Wildman–Crippen MR) is 115 cm³/mol. The van der Waals surface area contributed by atoms with Crippen molar-refractivity contribution in [2.24, 2.45) is 5.41 Å². The van der Waals surface area contributed by atoms with E-state index in [9.17, 15) is 27.9 Å². The van der Waals surface area contributed by atoms with E-state index in [1.165, 1.54) is 21.9 Å². The SMILES string of the molecule is O=C(NCC(F)(F)F)N1CCC(O)(Cn2cnc(-c3ccccc3)cc2=O)C2(CCCC2)C1. The number of carbonyl (C=O) groups excluding carboxylic acids is 1. The highest BCUT2D eigenvalue weighted by atomic mass is 19.4. The summed E-state index contributed by atoms with van der Waals surface area (Å²) in [6.45, 7) is -1.12. The number of alkyl halides is 3. The highest BCUT2D eigenvalue weighted by Crippen LogP contribution is 2.51. The minimum Gasteiger partial charge on any atom is -0.387 e.